The summed E-state index contributed by atoms with van der Waals surface area (Å²) >= 11 is 0. The molecule has 1 aliphatic rings. The summed E-state index contributed by atoms with van der Waals surface area (Å²) in [5.41, 5.74) is 5.35. The molecule has 2 aromatic rings. The van der Waals surface area contributed by atoms with Crippen molar-refractivity contribution in [3.05, 3.63) is 18.1 Å². The molecule has 1 aliphatic heterocycles. The molecule has 1 saturated heterocycles. The van der Waals surface area contributed by atoms with E-state index >= 15 is 0 Å². The number of hydrogen-bond donors (Lipinski definition) is 3. The molecule has 2 aromatic heterocycles. The number of carbonyl (C=O) groups excluding carboxylic acids is 1. The van der Waals surface area contributed by atoms with Gasteiger partial charge in [0.25, 0.3) is 0 Å². The molecule has 27 heavy (non-hydrogen) atoms. The molecule has 0 radical (unpaired) electrons. The Balaban J connectivity index is 2.12. The van der Waals surface area contributed by atoms with Crippen molar-refractivity contribution in [2.75, 3.05) is 12.3 Å². The van der Waals surface area contributed by atoms with Gasteiger partial charge in [0.1, 0.15) is 38.0 Å². The second kappa shape index (κ2) is 6.81. The normalized spacial score (nSPS) is 27.8. The van der Waals surface area contributed by atoms with E-state index in [1.54, 1.807) is 27.8 Å². The van der Waals surface area contributed by atoms with Gasteiger partial charge in [-0.1, -0.05) is 19.3 Å². The van der Waals surface area contributed by atoms with Gasteiger partial charge in [0, 0.05) is 0 Å². The Bertz CT molecular complexity index is 926. The van der Waals surface area contributed by atoms with Gasteiger partial charge in [-0.15, -0.1) is 0 Å². The topological polar surface area (TPSA) is 156 Å². The van der Waals surface area contributed by atoms with E-state index in [1.165, 1.54) is 10.8 Å². The largest absolute Gasteiger partial charge is 0.456 e. The Labute approximate surface area is 155 Å². The number of hydrogen-bond acceptors (Lipinski definition) is 9. The Kier molecular flexibility index (Phi) is 4.81. The number of nitrogens with two attached hydrogens (primary N) is 1. The molecule has 3 rings (SSSR count). The quantitative estimate of drug-likeness (QED) is 0.393. The first-order valence-corrected chi connectivity index (χ1v) is 8.44. The molecule has 11 heteroatoms. The van der Waals surface area contributed by atoms with Crippen LogP contribution in [0.3, 0.4) is 0 Å². The Morgan fingerprint density at radius 3 is 2.93 bits per heavy atom. The van der Waals surface area contributed by atoms with E-state index in [4.69, 9.17) is 15.2 Å². The van der Waals surface area contributed by atoms with Crippen LogP contribution in [-0.2, 0) is 19.9 Å². The van der Waals surface area contributed by atoms with Crippen molar-refractivity contribution in [2.24, 2.45) is 5.92 Å². The van der Waals surface area contributed by atoms with Gasteiger partial charge >= 0.3 is 5.97 Å². The molecule has 0 bridgehead atoms. The first kappa shape index (κ1) is 19.1. The molecule has 3 heterocycles. The second-order valence-electron chi connectivity index (χ2n) is 6.81. The lowest BCUT2D eigenvalue weighted by atomic mass is 9.90. The Morgan fingerprint density at radius 1 is 1.63 bits per heavy atom. The van der Waals surface area contributed by atoms with Crippen LogP contribution in [0, 0.1) is 17.2 Å². The summed E-state index contributed by atoms with van der Waals surface area (Å²) in [6.45, 7) is 2.73. The Morgan fingerprint density at radius 2 is 2.33 bits per heavy atom. The third-order valence-corrected chi connectivity index (χ3v) is 4.65. The van der Waals surface area contributed by atoms with Crippen molar-refractivity contribution in [3.63, 3.8) is 0 Å². The first-order valence-electron chi connectivity index (χ1n) is 8.44. The summed E-state index contributed by atoms with van der Waals surface area (Å²) < 4.78 is 12.4. The van der Waals surface area contributed by atoms with E-state index in [0.29, 0.717) is 11.0 Å². The fourth-order valence-corrected chi connectivity index (χ4v) is 3.24. The summed E-state index contributed by atoms with van der Waals surface area (Å²) in [4.78, 5) is 15.9. The predicted octanol–water partition coefficient (Wildman–Crippen LogP) is -2.39. The maximum absolute atomic E-state index is 12.0. The molecular formula is C16H20BN5O5. The molecule has 142 valence electrons. The highest BCUT2D eigenvalue weighted by atomic mass is 16.6. The minimum Gasteiger partial charge on any atom is -0.456 e. The summed E-state index contributed by atoms with van der Waals surface area (Å²) in [6, 6.07) is 3.57. The molecule has 4 atom stereocenters. The zero-order chi connectivity index (χ0) is 19.9. The molecule has 4 N–H and O–H groups in total. The van der Waals surface area contributed by atoms with Crippen molar-refractivity contribution < 1.29 is 24.5 Å². The van der Waals surface area contributed by atoms with Crippen molar-refractivity contribution >= 4 is 30.6 Å². The molecule has 0 saturated carbocycles. The number of aliphatic hydroxyl groups is 2. The lowest BCUT2D eigenvalue weighted by Crippen LogP contribution is -2.43. The van der Waals surface area contributed by atoms with Crippen molar-refractivity contribution in [2.45, 2.75) is 37.8 Å². The number of rotatable bonds is 4. The SMILES string of the molecule is Bc1cc([C@]2(C#N)O[C@H](CO)[C@@H](OC(=O)C(C)C)[C@H]2O)n2ncnc(N)c12. The number of nitrogens with zero attached hydrogens (tertiary/aromatic N) is 4. The number of esters is 1. The molecule has 10 nitrogen and oxygen atoms in total. The first-order chi connectivity index (χ1) is 12.8. The highest BCUT2D eigenvalue weighted by Crippen LogP contribution is 2.41. The number of anilines is 1. The van der Waals surface area contributed by atoms with Crippen LogP contribution in [0.5, 0.6) is 0 Å². The van der Waals surface area contributed by atoms with E-state index in [9.17, 15) is 20.3 Å². The summed E-state index contributed by atoms with van der Waals surface area (Å²) in [5, 5.41) is 34.6. The number of fused-ring (bicyclic) bond motifs is 1. The van der Waals surface area contributed by atoms with Gasteiger partial charge < -0.3 is 25.4 Å². The monoisotopic (exact) mass is 373 g/mol. The third kappa shape index (κ3) is 2.82. The van der Waals surface area contributed by atoms with E-state index in [2.05, 4.69) is 10.1 Å². The zero-order valence-corrected chi connectivity index (χ0v) is 15.2. The molecule has 0 spiro atoms. The molecule has 1 fully saturated rings. The van der Waals surface area contributed by atoms with Gasteiger partial charge in [-0.2, -0.15) is 10.4 Å². The number of aromatic nitrogens is 3. The van der Waals surface area contributed by atoms with E-state index in [1.807, 2.05) is 6.07 Å². The van der Waals surface area contributed by atoms with Gasteiger partial charge in [0.2, 0.25) is 5.60 Å². The van der Waals surface area contributed by atoms with Gasteiger partial charge in [0.15, 0.2) is 11.9 Å². The average Bonchev–Trinajstić information content (AvgIpc) is 3.12. The number of carbonyl (C=O) groups is 1. The standard InChI is InChI=1S/C16H20BN5O5/c1-7(2)15(25)26-12-9(4-23)27-16(5-18,13(12)24)10-3-8(17)11-14(19)20-6-21-22(10)11/h3,6-7,9,12-13,23-24H,4,17H2,1-2H3,(H2,19,20,21)/t9-,12-,13-,16+/m1/s1. The van der Waals surface area contributed by atoms with Crippen LogP contribution in [0.15, 0.2) is 12.4 Å². The average molecular weight is 373 g/mol. The molecule has 0 amide bonds. The van der Waals surface area contributed by atoms with Crippen LogP contribution in [0.4, 0.5) is 5.82 Å². The maximum Gasteiger partial charge on any atom is 0.308 e. The van der Waals surface area contributed by atoms with Crippen LogP contribution in [0.1, 0.15) is 19.5 Å². The smallest absolute Gasteiger partial charge is 0.308 e. The van der Waals surface area contributed by atoms with Crippen LogP contribution >= 0.6 is 0 Å². The van der Waals surface area contributed by atoms with Crippen LogP contribution in [0.25, 0.3) is 5.52 Å². The fraction of sp³-hybridized carbons (Fsp3) is 0.500. The number of nitriles is 1. The van der Waals surface area contributed by atoms with Crippen molar-refractivity contribution in [1.29, 1.82) is 5.26 Å². The van der Waals surface area contributed by atoms with Crippen molar-refractivity contribution in [3.8, 4) is 6.07 Å². The number of ether oxygens (including phenoxy) is 2. The third-order valence-electron chi connectivity index (χ3n) is 4.65. The number of aliphatic hydroxyl groups excluding tert-OH is 2. The number of nitrogen functional groups attached to an aromatic ring is 1. The van der Waals surface area contributed by atoms with Gasteiger partial charge in [-0.25, -0.2) is 9.50 Å². The van der Waals surface area contributed by atoms with Crippen LogP contribution < -0.4 is 11.2 Å². The molecular weight excluding hydrogens is 353 g/mol. The van der Waals surface area contributed by atoms with Crippen molar-refractivity contribution in [1.82, 2.24) is 14.6 Å². The summed E-state index contributed by atoms with van der Waals surface area (Å²) in [5.74, 6) is -0.814. The van der Waals surface area contributed by atoms with E-state index in [0.717, 1.165) is 0 Å². The molecule has 0 unspecified atom stereocenters. The van der Waals surface area contributed by atoms with E-state index < -0.39 is 42.4 Å². The lowest BCUT2D eigenvalue weighted by Gasteiger charge is -2.25. The highest BCUT2D eigenvalue weighted by molar-refractivity contribution is 6.37. The summed E-state index contributed by atoms with van der Waals surface area (Å²) in [7, 11) is 1.75. The van der Waals surface area contributed by atoms with Crippen LogP contribution in [-0.4, -0.2) is 63.5 Å². The zero-order valence-electron chi connectivity index (χ0n) is 15.2. The van der Waals surface area contributed by atoms with Gasteiger partial charge in [-0.05, 0) is 6.07 Å². The lowest BCUT2D eigenvalue weighted by molar-refractivity contribution is -0.160. The van der Waals surface area contributed by atoms with Crippen LogP contribution in [0.2, 0.25) is 0 Å². The van der Waals surface area contributed by atoms with E-state index in [-0.39, 0.29) is 11.5 Å². The minimum atomic E-state index is -1.91. The molecule has 0 aliphatic carbocycles. The fourth-order valence-electron chi connectivity index (χ4n) is 3.24. The minimum absolute atomic E-state index is 0.204. The Hall–Kier alpha value is -2.68. The summed E-state index contributed by atoms with van der Waals surface area (Å²) in [6.07, 6.45) is -2.62. The molecule has 0 aromatic carbocycles. The highest BCUT2D eigenvalue weighted by Gasteiger charge is 2.59. The maximum atomic E-state index is 12.0. The van der Waals surface area contributed by atoms with Gasteiger partial charge in [0.05, 0.1) is 18.2 Å². The van der Waals surface area contributed by atoms with Gasteiger partial charge in [-0.3, -0.25) is 4.79 Å². The second-order valence-corrected chi connectivity index (χ2v) is 6.81. The predicted molar refractivity (Wildman–Crippen MR) is 95.6 cm³/mol.